The first kappa shape index (κ1) is 14.9. The smallest absolute Gasteiger partial charge is 0.130 e. The molecule has 0 aliphatic rings. The van der Waals surface area contributed by atoms with E-state index in [2.05, 4.69) is 35.1 Å². The van der Waals surface area contributed by atoms with E-state index in [1.165, 1.54) is 5.56 Å². The molecular formula is C14H25N3O. The Hall–Kier alpha value is -1.13. The van der Waals surface area contributed by atoms with Crippen LogP contribution in [0.2, 0.25) is 0 Å². The molecule has 0 spiro atoms. The third kappa shape index (κ3) is 4.27. The molecule has 102 valence electrons. The Balaban J connectivity index is 2.74. The summed E-state index contributed by atoms with van der Waals surface area (Å²) >= 11 is 0. The van der Waals surface area contributed by atoms with Gasteiger partial charge >= 0.3 is 0 Å². The quantitative estimate of drug-likeness (QED) is 0.769. The lowest BCUT2D eigenvalue weighted by Gasteiger charge is -2.28. The number of methoxy groups -OCH3 is 1. The van der Waals surface area contributed by atoms with E-state index in [0.29, 0.717) is 6.04 Å². The SMILES string of the molecule is CCC(C)N(CCOC)Cc1cccnc1NC. The number of hydrogen-bond donors (Lipinski definition) is 1. The van der Waals surface area contributed by atoms with Crippen LogP contribution in [0.1, 0.15) is 25.8 Å². The van der Waals surface area contributed by atoms with Gasteiger partial charge in [-0.3, -0.25) is 4.90 Å². The number of rotatable bonds is 8. The monoisotopic (exact) mass is 251 g/mol. The molecule has 0 saturated carbocycles. The fourth-order valence-corrected chi connectivity index (χ4v) is 1.93. The zero-order chi connectivity index (χ0) is 13.4. The first-order valence-corrected chi connectivity index (χ1v) is 6.57. The van der Waals surface area contributed by atoms with E-state index in [0.717, 1.165) is 31.9 Å². The molecule has 18 heavy (non-hydrogen) atoms. The second-order valence-electron chi connectivity index (χ2n) is 4.48. The van der Waals surface area contributed by atoms with Crippen LogP contribution < -0.4 is 5.32 Å². The Morgan fingerprint density at radius 2 is 2.28 bits per heavy atom. The van der Waals surface area contributed by atoms with Gasteiger partial charge in [-0.15, -0.1) is 0 Å². The lowest BCUT2D eigenvalue weighted by molar-refractivity contribution is 0.118. The summed E-state index contributed by atoms with van der Waals surface area (Å²) in [6.07, 6.45) is 2.96. The van der Waals surface area contributed by atoms with Crippen LogP contribution in [0.4, 0.5) is 5.82 Å². The average molecular weight is 251 g/mol. The molecule has 1 heterocycles. The number of pyridine rings is 1. The highest BCUT2D eigenvalue weighted by Crippen LogP contribution is 2.16. The van der Waals surface area contributed by atoms with Gasteiger partial charge in [0.25, 0.3) is 0 Å². The minimum atomic E-state index is 0.546. The highest BCUT2D eigenvalue weighted by molar-refractivity contribution is 5.42. The lowest BCUT2D eigenvalue weighted by atomic mass is 10.1. The van der Waals surface area contributed by atoms with Crippen LogP contribution in [0.15, 0.2) is 18.3 Å². The molecule has 0 aromatic carbocycles. The van der Waals surface area contributed by atoms with Crippen molar-refractivity contribution < 1.29 is 4.74 Å². The lowest BCUT2D eigenvalue weighted by Crippen LogP contribution is -2.35. The molecule has 1 rings (SSSR count). The van der Waals surface area contributed by atoms with Crippen LogP contribution in [0, 0.1) is 0 Å². The standard InChI is InChI=1S/C14H25N3O/c1-5-12(2)17(9-10-18-4)11-13-7-6-8-16-14(13)15-3/h6-8,12H,5,9-11H2,1-4H3,(H,15,16). The molecular weight excluding hydrogens is 226 g/mol. The molecule has 4 heteroatoms. The summed E-state index contributed by atoms with van der Waals surface area (Å²) in [4.78, 5) is 6.78. The Morgan fingerprint density at radius 3 is 2.89 bits per heavy atom. The Labute approximate surface area is 110 Å². The van der Waals surface area contributed by atoms with Crippen LogP contribution in [-0.4, -0.2) is 43.2 Å². The molecule has 0 bridgehead atoms. The van der Waals surface area contributed by atoms with Gasteiger partial charge < -0.3 is 10.1 Å². The van der Waals surface area contributed by atoms with Crippen LogP contribution in [0.3, 0.4) is 0 Å². The average Bonchev–Trinajstić information content (AvgIpc) is 2.42. The summed E-state index contributed by atoms with van der Waals surface area (Å²) in [7, 11) is 3.66. The Morgan fingerprint density at radius 1 is 1.50 bits per heavy atom. The van der Waals surface area contributed by atoms with Gasteiger partial charge in [0, 0.05) is 45.0 Å². The van der Waals surface area contributed by atoms with Crippen molar-refractivity contribution in [2.75, 3.05) is 32.6 Å². The maximum Gasteiger partial charge on any atom is 0.130 e. The molecule has 4 nitrogen and oxygen atoms in total. The highest BCUT2D eigenvalue weighted by Gasteiger charge is 2.14. The van der Waals surface area contributed by atoms with Crippen molar-refractivity contribution in [3.63, 3.8) is 0 Å². The number of anilines is 1. The van der Waals surface area contributed by atoms with Crippen molar-refractivity contribution in [2.45, 2.75) is 32.9 Å². The number of aromatic nitrogens is 1. The van der Waals surface area contributed by atoms with Gasteiger partial charge in [-0.05, 0) is 19.4 Å². The van der Waals surface area contributed by atoms with E-state index in [4.69, 9.17) is 4.74 Å². The fraction of sp³-hybridized carbons (Fsp3) is 0.643. The molecule has 0 saturated heterocycles. The maximum atomic E-state index is 5.19. The summed E-state index contributed by atoms with van der Waals surface area (Å²) in [6, 6.07) is 4.66. The summed E-state index contributed by atoms with van der Waals surface area (Å²) in [5.41, 5.74) is 1.23. The Kier molecular flexibility index (Phi) is 6.68. The van der Waals surface area contributed by atoms with E-state index in [1.807, 2.05) is 19.3 Å². The summed E-state index contributed by atoms with van der Waals surface area (Å²) < 4.78 is 5.19. The molecule has 1 atom stereocenters. The number of hydrogen-bond acceptors (Lipinski definition) is 4. The zero-order valence-corrected chi connectivity index (χ0v) is 11.9. The van der Waals surface area contributed by atoms with Crippen molar-refractivity contribution >= 4 is 5.82 Å². The van der Waals surface area contributed by atoms with Crippen LogP contribution in [0.25, 0.3) is 0 Å². The second-order valence-corrected chi connectivity index (χ2v) is 4.48. The van der Waals surface area contributed by atoms with Gasteiger partial charge in [0.1, 0.15) is 5.82 Å². The van der Waals surface area contributed by atoms with Crippen molar-refractivity contribution in [3.8, 4) is 0 Å². The van der Waals surface area contributed by atoms with E-state index in [1.54, 1.807) is 7.11 Å². The van der Waals surface area contributed by atoms with E-state index in [-0.39, 0.29) is 0 Å². The largest absolute Gasteiger partial charge is 0.383 e. The van der Waals surface area contributed by atoms with Gasteiger partial charge in [-0.25, -0.2) is 4.98 Å². The molecule has 1 aromatic rings. The molecule has 0 fully saturated rings. The topological polar surface area (TPSA) is 37.4 Å². The molecule has 0 aliphatic carbocycles. The minimum absolute atomic E-state index is 0.546. The molecule has 0 amide bonds. The van der Waals surface area contributed by atoms with Crippen LogP contribution >= 0.6 is 0 Å². The highest BCUT2D eigenvalue weighted by atomic mass is 16.5. The molecule has 1 aromatic heterocycles. The van der Waals surface area contributed by atoms with Gasteiger partial charge in [-0.2, -0.15) is 0 Å². The predicted octanol–water partition coefficient (Wildman–Crippen LogP) is 2.37. The maximum absolute atomic E-state index is 5.19. The molecule has 1 N–H and O–H groups in total. The first-order chi connectivity index (χ1) is 8.72. The molecule has 0 radical (unpaired) electrons. The van der Waals surface area contributed by atoms with E-state index in [9.17, 15) is 0 Å². The summed E-state index contributed by atoms with van der Waals surface area (Å²) in [5, 5.41) is 3.14. The van der Waals surface area contributed by atoms with Crippen molar-refractivity contribution in [1.29, 1.82) is 0 Å². The molecule has 0 aliphatic heterocycles. The van der Waals surface area contributed by atoms with Crippen molar-refractivity contribution in [2.24, 2.45) is 0 Å². The van der Waals surface area contributed by atoms with Gasteiger partial charge in [0.15, 0.2) is 0 Å². The Bertz CT molecular complexity index is 344. The number of nitrogens with zero attached hydrogens (tertiary/aromatic N) is 2. The van der Waals surface area contributed by atoms with Gasteiger partial charge in [-0.1, -0.05) is 13.0 Å². The van der Waals surface area contributed by atoms with Crippen molar-refractivity contribution in [3.05, 3.63) is 23.9 Å². The third-order valence-corrected chi connectivity index (χ3v) is 3.30. The van der Waals surface area contributed by atoms with Crippen molar-refractivity contribution in [1.82, 2.24) is 9.88 Å². The number of ether oxygens (including phenoxy) is 1. The molecule has 1 unspecified atom stereocenters. The van der Waals surface area contributed by atoms with Crippen LogP contribution in [0.5, 0.6) is 0 Å². The summed E-state index contributed by atoms with van der Waals surface area (Å²) in [6.45, 7) is 7.09. The summed E-state index contributed by atoms with van der Waals surface area (Å²) in [5.74, 6) is 0.961. The first-order valence-electron chi connectivity index (χ1n) is 6.57. The minimum Gasteiger partial charge on any atom is -0.383 e. The normalized spacial score (nSPS) is 12.7. The predicted molar refractivity (Wildman–Crippen MR) is 75.8 cm³/mol. The second kappa shape index (κ2) is 8.06. The van der Waals surface area contributed by atoms with E-state index >= 15 is 0 Å². The van der Waals surface area contributed by atoms with Gasteiger partial charge in [0.2, 0.25) is 0 Å². The van der Waals surface area contributed by atoms with E-state index < -0.39 is 0 Å². The third-order valence-electron chi connectivity index (χ3n) is 3.30. The fourth-order valence-electron chi connectivity index (χ4n) is 1.93. The zero-order valence-electron chi connectivity index (χ0n) is 11.9. The van der Waals surface area contributed by atoms with Gasteiger partial charge in [0.05, 0.1) is 6.61 Å². The van der Waals surface area contributed by atoms with Crippen LogP contribution in [-0.2, 0) is 11.3 Å². The number of nitrogens with one attached hydrogen (secondary N) is 1.